The Morgan fingerprint density at radius 3 is 3.00 bits per heavy atom. The van der Waals surface area contributed by atoms with Gasteiger partial charge in [-0.05, 0) is 24.3 Å². The van der Waals surface area contributed by atoms with Crippen LogP contribution < -0.4 is 5.32 Å². The van der Waals surface area contributed by atoms with E-state index >= 15 is 0 Å². The van der Waals surface area contributed by atoms with E-state index in [2.05, 4.69) is 10.4 Å². The van der Waals surface area contributed by atoms with Gasteiger partial charge in [0.2, 0.25) is 0 Å². The highest BCUT2D eigenvalue weighted by atomic mass is 35.5. The van der Waals surface area contributed by atoms with Gasteiger partial charge in [-0.2, -0.15) is 5.10 Å². The Kier molecular flexibility index (Phi) is 3.84. The topological polar surface area (TPSA) is 67.2 Å². The summed E-state index contributed by atoms with van der Waals surface area (Å²) in [6.07, 6.45) is 3.48. The Bertz CT molecular complexity index is 540. The zero-order valence-electron chi connectivity index (χ0n) is 9.51. The molecule has 1 amide bonds. The number of hydrogen-bond acceptors (Lipinski definition) is 3. The average molecular weight is 266 g/mol. The van der Waals surface area contributed by atoms with Gasteiger partial charge in [0.15, 0.2) is 0 Å². The van der Waals surface area contributed by atoms with E-state index in [0.717, 1.165) is 0 Å². The lowest BCUT2D eigenvalue weighted by atomic mass is 10.2. The van der Waals surface area contributed by atoms with Gasteiger partial charge in [0.25, 0.3) is 5.91 Å². The molecule has 0 aliphatic rings. The molecule has 18 heavy (non-hydrogen) atoms. The van der Waals surface area contributed by atoms with E-state index in [1.54, 1.807) is 16.9 Å². The quantitative estimate of drug-likeness (QED) is 0.884. The Labute approximate surface area is 109 Å². The smallest absolute Gasteiger partial charge is 0.255 e. The van der Waals surface area contributed by atoms with Crippen LogP contribution in [0.2, 0.25) is 5.02 Å². The summed E-state index contributed by atoms with van der Waals surface area (Å²) < 4.78 is 1.71. The van der Waals surface area contributed by atoms with Gasteiger partial charge in [-0.1, -0.05) is 11.6 Å². The van der Waals surface area contributed by atoms with Crippen LogP contribution in [0.4, 0.5) is 0 Å². The summed E-state index contributed by atoms with van der Waals surface area (Å²) in [6, 6.07) is 6.20. The maximum atomic E-state index is 11.8. The second-order valence-corrected chi connectivity index (χ2v) is 4.12. The lowest BCUT2D eigenvalue weighted by Gasteiger charge is -2.07. The van der Waals surface area contributed by atoms with Crippen molar-refractivity contribution in [3.63, 3.8) is 0 Å². The largest absolute Gasteiger partial charge is 0.507 e. The molecule has 5 nitrogen and oxygen atoms in total. The molecule has 1 heterocycles. The minimum Gasteiger partial charge on any atom is -0.507 e. The van der Waals surface area contributed by atoms with E-state index in [0.29, 0.717) is 18.1 Å². The molecule has 0 spiro atoms. The lowest BCUT2D eigenvalue weighted by molar-refractivity contribution is 0.0949. The summed E-state index contributed by atoms with van der Waals surface area (Å²) in [7, 11) is 0. The average Bonchev–Trinajstić information content (AvgIpc) is 2.81. The van der Waals surface area contributed by atoms with Crippen molar-refractivity contribution < 1.29 is 9.90 Å². The summed E-state index contributed by atoms with van der Waals surface area (Å²) in [5.74, 6) is -0.463. The molecule has 1 aromatic carbocycles. The Hall–Kier alpha value is -2.01. The first-order chi connectivity index (χ1) is 8.66. The first kappa shape index (κ1) is 12.4. The number of aromatic nitrogens is 2. The van der Waals surface area contributed by atoms with Crippen LogP contribution in [0.3, 0.4) is 0 Å². The third kappa shape index (κ3) is 3.01. The third-order valence-corrected chi connectivity index (χ3v) is 2.63. The highest BCUT2D eigenvalue weighted by Gasteiger charge is 2.10. The molecule has 0 fully saturated rings. The predicted octanol–water partition coefficient (Wildman–Crippen LogP) is 1.67. The fraction of sp³-hybridized carbons (Fsp3) is 0.167. The number of nitrogens with one attached hydrogen (secondary N) is 1. The maximum absolute atomic E-state index is 11.8. The molecule has 6 heteroatoms. The molecule has 0 aliphatic carbocycles. The van der Waals surface area contributed by atoms with E-state index < -0.39 is 0 Å². The maximum Gasteiger partial charge on any atom is 0.255 e. The Morgan fingerprint density at radius 1 is 1.50 bits per heavy atom. The number of amides is 1. The molecule has 1 aromatic heterocycles. The van der Waals surface area contributed by atoms with Gasteiger partial charge in [0, 0.05) is 24.0 Å². The molecule has 2 N–H and O–H groups in total. The van der Waals surface area contributed by atoms with Gasteiger partial charge in [0.1, 0.15) is 5.75 Å². The van der Waals surface area contributed by atoms with Gasteiger partial charge in [-0.25, -0.2) is 0 Å². The summed E-state index contributed by atoms with van der Waals surface area (Å²) in [6.45, 7) is 1.01. The van der Waals surface area contributed by atoms with Crippen molar-refractivity contribution in [3.8, 4) is 5.75 Å². The zero-order valence-corrected chi connectivity index (χ0v) is 10.3. The summed E-state index contributed by atoms with van der Waals surface area (Å²) >= 11 is 5.69. The number of rotatable bonds is 4. The van der Waals surface area contributed by atoms with Gasteiger partial charge in [-0.15, -0.1) is 0 Å². The van der Waals surface area contributed by atoms with Gasteiger partial charge >= 0.3 is 0 Å². The Morgan fingerprint density at radius 2 is 2.33 bits per heavy atom. The summed E-state index contributed by atoms with van der Waals surface area (Å²) in [5.41, 5.74) is 0.208. The molecule has 0 unspecified atom stereocenters. The normalized spacial score (nSPS) is 10.3. The fourth-order valence-corrected chi connectivity index (χ4v) is 1.68. The number of carbonyl (C=O) groups is 1. The van der Waals surface area contributed by atoms with Crippen molar-refractivity contribution in [2.75, 3.05) is 6.54 Å². The van der Waals surface area contributed by atoms with Crippen LogP contribution >= 0.6 is 11.6 Å². The van der Waals surface area contributed by atoms with Crippen molar-refractivity contribution in [2.24, 2.45) is 0 Å². The molecule has 94 valence electrons. The minimum atomic E-state index is -0.337. The highest BCUT2D eigenvalue weighted by Crippen LogP contribution is 2.21. The minimum absolute atomic E-state index is 0.126. The molecule has 2 aromatic rings. The van der Waals surface area contributed by atoms with Crippen LogP contribution in [0.1, 0.15) is 10.4 Å². The molecule has 2 rings (SSSR count). The number of aromatic hydroxyl groups is 1. The van der Waals surface area contributed by atoms with Crippen molar-refractivity contribution in [2.45, 2.75) is 6.54 Å². The number of nitrogens with zero attached hydrogens (tertiary/aromatic N) is 2. The highest BCUT2D eigenvalue weighted by molar-refractivity contribution is 6.30. The fourth-order valence-electron chi connectivity index (χ4n) is 1.51. The summed E-state index contributed by atoms with van der Waals surface area (Å²) in [5, 5.41) is 16.7. The van der Waals surface area contributed by atoms with Gasteiger partial charge in [0.05, 0.1) is 12.1 Å². The second-order valence-electron chi connectivity index (χ2n) is 3.69. The molecule has 0 saturated heterocycles. The molecule has 0 saturated carbocycles. The van der Waals surface area contributed by atoms with E-state index in [-0.39, 0.29) is 17.2 Å². The standard InChI is InChI=1S/C12H12ClN3O2/c13-9-2-3-10(11(17)8-9)12(18)14-5-7-16-6-1-4-15-16/h1-4,6,8,17H,5,7H2,(H,14,18). The number of halogens is 1. The van der Waals surface area contributed by atoms with E-state index in [9.17, 15) is 9.90 Å². The van der Waals surface area contributed by atoms with Crippen molar-refractivity contribution >= 4 is 17.5 Å². The molecular weight excluding hydrogens is 254 g/mol. The van der Waals surface area contributed by atoms with Crippen LogP contribution in [0.5, 0.6) is 5.75 Å². The monoisotopic (exact) mass is 265 g/mol. The first-order valence-electron chi connectivity index (χ1n) is 5.41. The number of phenols is 1. The number of phenolic OH excluding ortho intramolecular Hbond substituents is 1. The van der Waals surface area contributed by atoms with E-state index in [4.69, 9.17) is 11.6 Å². The molecule has 0 radical (unpaired) electrons. The van der Waals surface area contributed by atoms with Crippen molar-refractivity contribution in [1.82, 2.24) is 15.1 Å². The van der Waals surface area contributed by atoms with Crippen molar-refractivity contribution in [1.29, 1.82) is 0 Å². The number of benzene rings is 1. The first-order valence-corrected chi connectivity index (χ1v) is 5.79. The zero-order chi connectivity index (χ0) is 13.0. The molecule has 0 aliphatic heterocycles. The molecule has 0 atom stereocenters. The number of carbonyl (C=O) groups excluding carboxylic acids is 1. The van der Waals surface area contributed by atoms with Crippen LogP contribution in [-0.2, 0) is 6.54 Å². The predicted molar refractivity (Wildman–Crippen MR) is 67.7 cm³/mol. The van der Waals surface area contributed by atoms with Crippen LogP contribution in [0.15, 0.2) is 36.7 Å². The van der Waals surface area contributed by atoms with Gasteiger partial charge < -0.3 is 10.4 Å². The Balaban J connectivity index is 1.91. The second kappa shape index (κ2) is 5.55. The third-order valence-electron chi connectivity index (χ3n) is 2.39. The van der Waals surface area contributed by atoms with Crippen LogP contribution in [0, 0.1) is 0 Å². The van der Waals surface area contributed by atoms with Gasteiger partial charge in [-0.3, -0.25) is 9.48 Å². The summed E-state index contributed by atoms with van der Waals surface area (Å²) in [4.78, 5) is 11.8. The molecule has 0 bridgehead atoms. The lowest BCUT2D eigenvalue weighted by Crippen LogP contribution is -2.27. The van der Waals surface area contributed by atoms with Crippen LogP contribution in [0.25, 0.3) is 0 Å². The van der Waals surface area contributed by atoms with E-state index in [1.807, 2.05) is 12.3 Å². The van der Waals surface area contributed by atoms with Crippen LogP contribution in [-0.4, -0.2) is 27.3 Å². The van der Waals surface area contributed by atoms with E-state index in [1.165, 1.54) is 12.1 Å². The number of hydrogen-bond donors (Lipinski definition) is 2. The van der Waals surface area contributed by atoms with Crippen molar-refractivity contribution in [3.05, 3.63) is 47.2 Å². The SMILES string of the molecule is O=C(NCCn1cccn1)c1ccc(Cl)cc1O. The molecular formula is C12H12ClN3O2.